The maximum atomic E-state index is 13.7. The number of amides is 3. The molecular formula is C23H17ClN2O5. The Morgan fingerprint density at radius 2 is 1.77 bits per heavy atom. The van der Waals surface area contributed by atoms with E-state index in [9.17, 15) is 19.2 Å². The van der Waals surface area contributed by atoms with Crippen LogP contribution >= 0.6 is 11.6 Å². The van der Waals surface area contributed by atoms with Crippen molar-refractivity contribution >= 4 is 46.7 Å². The Labute approximate surface area is 182 Å². The Bertz CT molecular complexity index is 1210. The van der Waals surface area contributed by atoms with E-state index in [1.165, 1.54) is 18.1 Å². The van der Waals surface area contributed by atoms with E-state index in [-0.39, 0.29) is 5.57 Å². The number of imide groups is 1. The Kier molecular flexibility index (Phi) is 4.10. The number of likely N-dealkylation sites (N-methyl/N-ethyl adjacent to an activating group) is 1. The van der Waals surface area contributed by atoms with Crippen molar-refractivity contribution in [1.82, 2.24) is 0 Å². The van der Waals surface area contributed by atoms with E-state index in [0.29, 0.717) is 22.0 Å². The predicted octanol–water partition coefficient (Wildman–Crippen LogP) is 2.47. The van der Waals surface area contributed by atoms with E-state index in [4.69, 9.17) is 16.3 Å². The number of halogens is 1. The molecule has 2 heterocycles. The molecule has 1 aliphatic carbocycles. The number of para-hydroxylation sites is 1. The van der Waals surface area contributed by atoms with E-state index in [2.05, 4.69) is 0 Å². The van der Waals surface area contributed by atoms with E-state index in [0.717, 1.165) is 4.90 Å². The quantitative estimate of drug-likeness (QED) is 0.533. The van der Waals surface area contributed by atoms with Gasteiger partial charge in [0.15, 0.2) is 0 Å². The zero-order valence-corrected chi connectivity index (χ0v) is 17.4. The van der Waals surface area contributed by atoms with Crippen molar-refractivity contribution in [3.63, 3.8) is 0 Å². The average Bonchev–Trinajstić information content (AvgIpc) is 3.33. The number of carbonyl (C=O) groups excluding carboxylic acids is 4. The molecule has 3 aliphatic rings. The second-order valence-electron chi connectivity index (χ2n) is 7.76. The first-order valence-corrected chi connectivity index (χ1v) is 10.0. The molecule has 7 nitrogen and oxygen atoms in total. The Balaban J connectivity index is 1.78. The van der Waals surface area contributed by atoms with Crippen molar-refractivity contribution in [2.75, 3.05) is 24.0 Å². The van der Waals surface area contributed by atoms with Gasteiger partial charge in [-0.25, -0.2) is 9.69 Å². The third-order valence-corrected chi connectivity index (χ3v) is 6.63. The number of hydrogen-bond donors (Lipinski definition) is 0. The van der Waals surface area contributed by atoms with Crippen LogP contribution in [0.25, 0.3) is 0 Å². The second kappa shape index (κ2) is 6.52. The number of nitrogens with zero attached hydrogens (tertiary/aromatic N) is 2. The summed E-state index contributed by atoms with van der Waals surface area (Å²) in [6, 6.07) is 13.4. The number of ether oxygens (including phenoxy) is 1. The minimum Gasteiger partial charge on any atom is -0.466 e. The predicted molar refractivity (Wildman–Crippen MR) is 113 cm³/mol. The Morgan fingerprint density at radius 3 is 2.45 bits per heavy atom. The van der Waals surface area contributed by atoms with Gasteiger partial charge in [-0.1, -0.05) is 35.9 Å². The fourth-order valence-electron chi connectivity index (χ4n) is 5.13. The lowest BCUT2D eigenvalue weighted by atomic mass is 9.67. The van der Waals surface area contributed by atoms with Gasteiger partial charge in [0.25, 0.3) is 0 Å². The van der Waals surface area contributed by atoms with E-state index >= 15 is 0 Å². The molecule has 0 bridgehead atoms. The standard InChI is InChI=1S/C23H17ClN2O5/c1-25-17-9-8-12(24)10-15(17)23(22(25)30)16(21(29)31-2)11-14-18(23)20(28)26(19(14)27)13-6-4-3-5-7-13/h3-11,14,18H,1-2H3/t14-,18+,23+/m0/s1. The van der Waals surface area contributed by atoms with Gasteiger partial charge in [-0.15, -0.1) is 0 Å². The largest absolute Gasteiger partial charge is 0.466 e. The smallest absolute Gasteiger partial charge is 0.334 e. The topological polar surface area (TPSA) is 84.0 Å². The molecule has 1 spiro atoms. The van der Waals surface area contributed by atoms with Gasteiger partial charge in [0.1, 0.15) is 5.41 Å². The number of anilines is 2. The third kappa shape index (κ3) is 2.29. The fourth-order valence-corrected chi connectivity index (χ4v) is 5.30. The molecule has 8 heteroatoms. The lowest BCUT2D eigenvalue weighted by Crippen LogP contribution is -2.49. The molecule has 0 radical (unpaired) electrons. The molecule has 0 aromatic heterocycles. The zero-order valence-electron chi connectivity index (χ0n) is 16.7. The molecule has 1 fully saturated rings. The number of rotatable bonds is 2. The summed E-state index contributed by atoms with van der Waals surface area (Å²) < 4.78 is 4.95. The number of esters is 1. The fraction of sp³-hybridized carbons (Fsp3) is 0.217. The van der Waals surface area contributed by atoms with E-state index in [1.807, 2.05) is 0 Å². The molecule has 156 valence electrons. The Hall–Kier alpha value is -3.45. The van der Waals surface area contributed by atoms with Crippen LogP contribution in [0.1, 0.15) is 5.56 Å². The summed E-state index contributed by atoms with van der Waals surface area (Å²) in [6.45, 7) is 0. The molecule has 0 saturated carbocycles. The molecule has 2 aromatic carbocycles. The zero-order chi connectivity index (χ0) is 22.1. The molecule has 31 heavy (non-hydrogen) atoms. The molecular weight excluding hydrogens is 420 g/mol. The molecule has 5 rings (SSSR count). The minimum absolute atomic E-state index is 0.00252. The van der Waals surface area contributed by atoms with Crippen LogP contribution < -0.4 is 9.80 Å². The Morgan fingerprint density at radius 1 is 1.06 bits per heavy atom. The molecule has 2 aromatic rings. The lowest BCUT2D eigenvalue weighted by molar-refractivity contribution is -0.139. The van der Waals surface area contributed by atoms with Crippen molar-refractivity contribution in [3.05, 3.63) is 70.8 Å². The molecule has 1 saturated heterocycles. The summed E-state index contributed by atoms with van der Waals surface area (Å²) >= 11 is 6.25. The third-order valence-electron chi connectivity index (χ3n) is 6.40. The monoisotopic (exact) mass is 436 g/mol. The van der Waals surface area contributed by atoms with Gasteiger partial charge >= 0.3 is 5.97 Å². The maximum absolute atomic E-state index is 13.7. The number of benzene rings is 2. The summed E-state index contributed by atoms with van der Waals surface area (Å²) in [6.07, 6.45) is 1.42. The highest BCUT2D eigenvalue weighted by Gasteiger charge is 2.70. The number of hydrogen-bond acceptors (Lipinski definition) is 5. The van der Waals surface area contributed by atoms with Gasteiger partial charge in [0.05, 0.1) is 30.2 Å². The van der Waals surface area contributed by atoms with Crippen molar-refractivity contribution in [2.45, 2.75) is 5.41 Å². The van der Waals surface area contributed by atoms with Crippen LogP contribution in [-0.2, 0) is 29.3 Å². The van der Waals surface area contributed by atoms with E-state index in [1.54, 1.807) is 55.6 Å². The summed E-state index contributed by atoms with van der Waals surface area (Å²) in [5, 5.41) is 0.352. The number of carbonyl (C=O) groups is 4. The minimum atomic E-state index is -1.68. The highest BCUT2D eigenvalue weighted by atomic mass is 35.5. The van der Waals surface area contributed by atoms with Crippen LogP contribution in [-0.4, -0.2) is 37.8 Å². The SMILES string of the molecule is COC(=O)C1=C[C@@H]2C(=O)N(c3ccccc3)C(=O)[C@@H]2[C@]12C(=O)N(C)c1ccc(Cl)cc12. The van der Waals surface area contributed by atoms with Crippen molar-refractivity contribution in [1.29, 1.82) is 0 Å². The van der Waals surface area contributed by atoms with Crippen LogP contribution in [0.5, 0.6) is 0 Å². The van der Waals surface area contributed by atoms with Gasteiger partial charge in [-0.05, 0) is 35.9 Å². The molecule has 3 atom stereocenters. The van der Waals surface area contributed by atoms with Crippen LogP contribution in [0.2, 0.25) is 5.02 Å². The van der Waals surface area contributed by atoms with Crippen LogP contribution in [0.15, 0.2) is 60.2 Å². The average molecular weight is 437 g/mol. The molecule has 0 unspecified atom stereocenters. The first-order chi connectivity index (χ1) is 14.8. The maximum Gasteiger partial charge on any atom is 0.334 e. The normalized spacial score (nSPS) is 26.4. The summed E-state index contributed by atoms with van der Waals surface area (Å²) in [5.74, 6) is -4.31. The van der Waals surface area contributed by atoms with Crippen LogP contribution in [0.3, 0.4) is 0 Å². The van der Waals surface area contributed by atoms with Gasteiger partial charge in [-0.2, -0.15) is 0 Å². The number of fused-ring (bicyclic) bond motifs is 4. The van der Waals surface area contributed by atoms with Crippen LogP contribution in [0.4, 0.5) is 11.4 Å². The van der Waals surface area contributed by atoms with Gasteiger partial charge in [-0.3, -0.25) is 14.4 Å². The van der Waals surface area contributed by atoms with Crippen LogP contribution in [0, 0.1) is 11.8 Å². The number of methoxy groups -OCH3 is 1. The summed E-state index contributed by atoms with van der Waals surface area (Å²) in [5.41, 5.74) is -0.309. The van der Waals surface area contributed by atoms with Crippen molar-refractivity contribution < 1.29 is 23.9 Å². The summed E-state index contributed by atoms with van der Waals surface area (Å²) in [7, 11) is 2.77. The second-order valence-corrected chi connectivity index (χ2v) is 8.19. The van der Waals surface area contributed by atoms with E-state index < -0.39 is 40.9 Å². The molecule has 2 aliphatic heterocycles. The first-order valence-electron chi connectivity index (χ1n) is 9.65. The highest BCUT2D eigenvalue weighted by Crippen LogP contribution is 2.59. The highest BCUT2D eigenvalue weighted by molar-refractivity contribution is 6.32. The van der Waals surface area contributed by atoms with Crippen molar-refractivity contribution in [3.8, 4) is 0 Å². The van der Waals surface area contributed by atoms with Gasteiger partial charge < -0.3 is 9.64 Å². The van der Waals surface area contributed by atoms with Crippen molar-refractivity contribution in [2.24, 2.45) is 11.8 Å². The first kappa shape index (κ1) is 19.5. The lowest BCUT2D eigenvalue weighted by Gasteiger charge is -2.31. The van der Waals surface area contributed by atoms with Gasteiger partial charge in [0.2, 0.25) is 17.7 Å². The summed E-state index contributed by atoms with van der Waals surface area (Å²) in [4.78, 5) is 56.0. The van der Waals surface area contributed by atoms with Gasteiger partial charge in [0, 0.05) is 17.8 Å². The molecule has 3 amide bonds. The molecule has 0 N–H and O–H groups in total.